The van der Waals surface area contributed by atoms with E-state index in [2.05, 4.69) is 10.6 Å². The Morgan fingerprint density at radius 2 is 1.88 bits per heavy atom. The number of likely N-dealkylation sites (tertiary alicyclic amines) is 1. The number of carbonyl (C=O) groups excluding carboxylic acids is 3. The number of carboxylic acid groups (broad SMARTS) is 1. The maximum atomic E-state index is 13.5. The summed E-state index contributed by atoms with van der Waals surface area (Å²) < 4.78 is 28.6. The zero-order chi connectivity index (χ0) is 31.2. The lowest BCUT2D eigenvalue weighted by molar-refractivity contribution is -0.152. The highest BCUT2D eigenvalue weighted by Crippen LogP contribution is 2.40. The largest absolute Gasteiger partial charge is 0.507 e. The first-order valence-corrected chi connectivity index (χ1v) is 16.0. The number of esters is 1. The first-order chi connectivity index (χ1) is 19.8. The number of phenolic OH excluding ortho intramolecular Hbond substituents is 1. The number of aromatic hydroxyl groups is 1. The number of benzene rings is 1. The normalized spacial score (nSPS) is 21.7. The van der Waals surface area contributed by atoms with E-state index >= 15 is 0 Å². The van der Waals surface area contributed by atoms with E-state index in [1.54, 1.807) is 13.8 Å². The molecular weight excluding hydrogens is 592 g/mol. The van der Waals surface area contributed by atoms with Crippen molar-refractivity contribution in [3.63, 3.8) is 0 Å². The summed E-state index contributed by atoms with van der Waals surface area (Å²) in [4.78, 5) is 51.7. The molecule has 2 amide bonds. The number of nitrogens with zero attached hydrogens (tertiary/aromatic N) is 1. The zero-order valence-corrected chi connectivity index (χ0v) is 25.2. The van der Waals surface area contributed by atoms with Crippen LogP contribution in [0.3, 0.4) is 0 Å². The Balaban J connectivity index is 1.58. The van der Waals surface area contributed by atoms with E-state index < -0.39 is 56.6 Å². The summed E-state index contributed by atoms with van der Waals surface area (Å²) >= 11 is 5.81. The number of carboxylic acids is 1. The fourth-order valence-corrected chi connectivity index (χ4v) is 6.91. The maximum absolute atomic E-state index is 13.5. The maximum Gasteiger partial charge on any atom is 0.326 e. The van der Waals surface area contributed by atoms with E-state index in [0.717, 1.165) is 37.8 Å². The Bertz CT molecular complexity index is 1290. The average molecular weight is 631 g/mol. The van der Waals surface area contributed by atoms with Gasteiger partial charge >= 0.3 is 11.9 Å². The minimum absolute atomic E-state index is 0.123. The fourth-order valence-electron chi connectivity index (χ4n) is 5.82. The van der Waals surface area contributed by atoms with Gasteiger partial charge in [0.2, 0.25) is 15.9 Å². The number of hydrogen-bond donors (Lipinski definition) is 5. The van der Waals surface area contributed by atoms with Crippen molar-refractivity contribution < 1.29 is 42.5 Å². The standard InChI is InChI=1S/C27H39ClN4O9S/c1-3-41-27(38)19(31-15(2)25(35)32-20-10-5-4-8-16(20)12-21(32)26(36)37)9-6-7-11-30-24(34)17-13-23(42(29,39)40)18(28)14-22(17)33/h13-16,19-21,31,33H,3-12H2,1-2H3,(H,30,34)(H,36,37)(H2,29,39,40)/t15-,16+,19-,20+,21-/m0/s1. The highest BCUT2D eigenvalue weighted by Gasteiger charge is 2.48. The van der Waals surface area contributed by atoms with Crippen LogP contribution >= 0.6 is 11.6 Å². The third-order valence-corrected chi connectivity index (χ3v) is 9.20. The fraction of sp³-hybridized carbons (Fsp3) is 0.630. The molecule has 3 rings (SSSR count). The molecule has 1 aromatic carbocycles. The first-order valence-electron chi connectivity index (χ1n) is 14.1. The van der Waals surface area contributed by atoms with Gasteiger partial charge in [0.15, 0.2) is 0 Å². The summed E-state index contributed by atoms with van der Waals surface area (Å²) in [5.41, 5.74) is -0.316. The Morgan fingerprint density at radius 3 is 2.52 bits per heavy atom. The van der Waals surface area contributed by atoms with Crippen LogP contribution in [0.5, 0.6) is 5.75 Å². The molecule has 2 aliphatic rings. The molecule has 0 radical (unpaired) electrons. The van der Waals surface area contributed by atoms with Gasteiger partial charge in [-0.25, -0.2) is 18.4 Å². The van der Waals surface area contributed by atoms with E-state index in [4.69, 9.17) is 21.5 Å². The highest BCUT2D eigenvalue weighted by atomic mass is 35.5. The number of hydrogen-bond acceptors (Lipinski definition) is 9. The third-order valence-electron chi connectivity index (χ3n) is 7.83. The second-order valence-corrected chi connectivity index (χ2v) is 12.7. The smallest absolute Gasteiger partial charge is 0.326 e. The number of amides is 2. The number of primary sulfonamides is 1. The number of ether oxygens (including phenoxy) is 1. The Morgan fingerprint density at radius 1 is 1.19 bits per heavy atom. The SMILES string of the molecule is CCOC(=O)[C@H](CCCCNC(=O)c1cc(S(N)(=O)=O)c(Cl)cc1O)N[C@@H](C)C(=O)N1[C@@H]2CCCC[C@@H]2C[C@H]1C(=O)O. The molecule has 13 nitrogen and oxygen atoms in total. The van der Waals surface area contributed by atoms with Crippen LogP contribution in [0.1, 0.15) is 75.6 Å². The topological polar surface area (TPSA) is 205 Å². The van der Waals surface area contributed by atoms with E-state index in [-0.39, 0.29) is 48.0 Å². The molecule has 1 saturated heterocycles. The third kappa shape index (κ3) is 8.12. The van der Waals surface area contributed by atoms with Crippen molar-refractivity contribution in [2.45, 2.75) is 94.3 Å². The minimum Gasteiger partial charge on any atom is -0.507 e. The summed E-state index contributed by atoms with van der Waals surface area (Å²) in [6.07, 6.45) is 5.14. The van der Waals surface area contributed by atoms with Crippen molar-refractivity contribution in [2.75, 3.05) is 13.2 Å². The number of sulfonamides is 1. The molecule has 15 heteroatoms. The lowest BCUT2D eigenvalue weighted by Gasteiger charge is -2.35. The molecule has 0 unspecified atom stereocenters. The number of halogens is 1. The van der Waals surface area contributed by atoms with Gasteiger partial charge in [-0.2, -0.15) is 0 Å². The summed E-state index contributed by atoms with van der Waals surface area (Å²) in [6, 6.07) is -0.869. The van der Waals surface area contributed by atoms with Crippen LogP contribution in [0.25, 0.3) is 0 Å². The van der Waals surface area contributed by atoms with Gasteiger partial charge in [-0.1, -0.05) is 24.4 Å². The highest BCUT2D eigenvalue weighted by molar-refractivity contribution is 7.89. The van der Waals surface area contributed by atoms with Crippen LogP contribution in [0, 0.1) is 5.92 Å². The molecule has 1 aliphatic heterocycles. The van der Waals surface area contributed by atoms with Gasteiger partial charge in [-0.15, -0.1) is 0 Å². The van der Waals surface area contributed by atoms with Crippen molar-refractivity contribution >= 4 is 45.4 Å². The Labute approximate surface area is 250 Å². The number of rotatable bonds is 13. The number of fused-ring (bicyclic) bond motifs is 1. The van der Waals surface area contributed by atoms with Gasteiger partial charge in [0.1, 0.15) is 22.7 Å². The van der Waals surface area contributed by atoms with E-state index in [1.807, 2.05) is 0 Å². The molecule has 42 heavy (non-hydrogen) atoms. The lowest BCUT2D eigenvalue weighted by Crippen LogP contribution is -2.55. The summed E-state index contributed by atoms with van der Waals surface area (Å²) in [5.74, 6) is -3.03. The predicted octanol–water partition coefficient (Wildman–Crippen LogP) is 1.75. The van der Waals surface area contributed by atoms with E-state index in [0.29, 0.717) is 19.3 Å². The summed E-state index contributed by atoms with van der Waals surface area (Å²) in [6.45, 7) is 3.54. The minimum atomic E-state index is -4.22. The van der Waals surface area contributed by atoms with Crippen LogP contribution in [-0.2, 0) is 29.1 Å². The predicted molar refractivity (Wildman–Crippen MR) is 152 cm³/mol. The Kier molecular flexibility index (Phi) is 11.6. The van der Waals surface area contributed by atoms with Gasteiger partial charge in [0.05, 0.1) is 23.2 Å². The number of phenols is 1. The summed E-state index contributed by atoms with van der Waals surface area (Å²) in [7, 11) is -4.22. The first kappa shape index (κ1) is 33.6. The molecular formula is C27H39ClN4O9S. The van der Waals surface area contributed by atoms with Gasteiger partial charge in [-0.3, -0.25) is 19.7 Å². The van der Waals surface area contributed by atoms with Crippen LogP contribution in [0.2, 0.25) is 5.02 Å². The second-order valence-electron chi connectivity index (χ2n) is 10.7. The van der Waals surface area contributed by atoms with Crippen molar-refractivity contribution in [1.29, 1.82) is 0 Å². The molecule has 1 heterocycles. The van der Waals surface area contributed by atoms with Gasteiger partial charge in [0, 0.05) is 18.7 Å². The molecule has 6 N–H and O–H groups in total. The lowest BCUT2D eigenvalue weighted by atomic mass is 9.84. The number of aliphatic carboxylic acids is 1. The van der Waals surface area contributed by atoms with Gasteiger partial charge in [-0.05, 0) is 64.4 Å². The number of nitrogens with one attached hydrogen (secondary N) is 2. The molecule has 1 saturated carbocycles. The van der Waals surface area contributed by atoms with Gasteiger partial charge in [0.25, 0.3) is 5.91 Å². The quantitative estimate of drug-likeness (QED) is 0.158. The second kappa shape index (κ2) is 14.5. The van der Waals surface area contributed by atoms with Gasteiger partial charge < -0.3 is 25.2 Å². The molecule has 5 atom stereocenters. The monoisotopic (exact) mass is 630 g/mol. The molecule has 0 spiro atoms. The molecule has 1 aromatic rings. The van der Waals surface area contributed by atoms with Crippen LogP contribution in [0.15, 0.2) is 17.0 Å². The average Bonchev–Trinajstić information content (AvgIpc) is 3.31. The molecule has 234 valence electrons. The van der Waals surface area contributed by atoms with Crippen LogP contribution in [0.4, 0.5) is 0 Å². The van der Waals surface area contributed by atoms with Crippen LogP contribution in [-0.4, -0.2) is 84.6 Å². The Hall–Kier alpha value is -2.94. The molecule has 1 aliphatic carbocycles. The zero-order valence-electron chi connectivity index (χ0n) is 23.7. The molecule has 2 fully saturated rings. The molecule has 0 bridgehead atoms. The number of carbonyl (C=O) groups is 4. The number of nitrogens with two attached hydrogens (primary N) is 1. The van der Waals surface area contributed by atoms with Crippen molar-refractivity contribution in [3.8, 4) is 5.75 Å². The van der Waals surface area contributed by atoms with Crippen LogP contribution < -0.4 is 15.8 Å². The van der Waals surface area contributed by atoms with Crippen molar-refractivity contribution in [2.24, 2.45) is 11.1 Å². The summed E-state index contributed by atoms with van der Waals surface area (Å²) in [5, 5.41) is 30.2. The van der Waals surface area contributed by atoms with E-state index in [1.165, 1.54) is 4.90 Å². The van der Waals surface area contributed by atoms with Crippen molar-refractivity contribution in [3.05, 3.63) is 22.7 Å². The molecule has 0 aromatic heterocycles. The number of unbranched alkanes of at least 4 members (excludes halogenated alkanes) is 1. The van der Waals surface area contributed by atoms with Crippen molar-refractivity contribution in [1.82, 2.24) is 15.5 Å². The van der Waals surface area contributed by atoms with E-state index in [9.17, 15) is 37.8 Å².